The van der Waals surface area contributed by atoms with Crippen LogP contribution in [0.1, 0.15) is 45.0 Å². The van der Waals surface area contributed by atoms with Crippen molar-refractivity contribution in [3.8, 4) is 10.4 Å². The van der Waals surface area contributed by atoms with Gasteiger partial charge in [0.15, 0.2) is 0 Å². The van der Waals surface area contributed by atoms with Gasteiger partial charge in [-0.25, -0.2) is 14.2 Å². The molecule has 4 nitrogen and oxygen atoms in total. The molecule has 2 rings (SSSR count). The average molecular weight is 336 g/mol. The van der Waals surface area contributed by atoms with Crippen LogP contribution in [-0.2, 0) is 0 Å². The molecule has 23 heavy (non-hydrogen) atoms. The first-order valence-corrected chi connectivity index (χ1v) is 8.23. The highest BCUT2D eigenvalue weighted by atomic mass is 32.1. The largest absolute Gasteiger partial charge is 0.465 e. The van der Waals surface area contributed by atoms with Gasteiger partial charge in [-0.3, -0.25) is 4.90 Å². The lowest BCUT2D eigenvalue weighted by atomic mass is 9.98. The van der Waals surface area contributed by atoms with Gasteiger partial charge in [-0.15, -0.1) is 11.3 Å². The van der Waals surface area contributed by atoms with E-state index in [2.05, 4.69) is 4.98 Å². The van der Waals surface area contributed by atoms with Crippen molar-refractivity contribution in [2.75, 3.05) is 0 Å². The molecule has 1 aromatic carbocycles. The lowest BCUT2D eigenvalue weighted by Gasteiger charge is -2.38. The normalized spacial score (nSPS) is 13.0. The third-order valence-corrected chi connectivity index (χ3v) is 4.75. The second-order valence-electron chi connectivity index (χ2n) is 6.50. The molecule has 0 aliphatic heterocycles. The van der Waals surface area contributed by atoms with E-state index in [-0.39, 0.29) is 0 Å². The van der Waals surface area contributed by atoms with Gasteiger partial charge in [0, 0.05) is 11.1 Å². The van der Waals surface area contributed by atoms with Crippen LogP contribution in [-0.4, -0.2) is 26.6 Å². The van der Waals surface area contributed by atoms with E-state index in [1.165, 1.54) is 22.3 Å². The molecule has 2 aromatic rings. The fourth-order valence-electron chi connectivity index (χ4n) is 2.76. The van der Waals surface area contributed by atoms with Gasteiger partial charge in [0.1, 0.15) is 5.82 Å². The third kappa shape index (κ3) is 3.52. The second-order valence-corrected chi connectivity index (χ2v) is 7.36. The number of halogens is 1. The smallest absolute Gasteiger partial charge is 0.408 e. The van der Waals surface area contributed by atoms with Gasteiger partial charge in [0.2, 0.25) is 0 Å². The Morgan fingerprint density at radius 3 is 2.48 bits per heavy atom. The Morgan fingerprint density at radius 2 is 2.04 bits per heavy atom. The van der Waals surface area contributed by atoms with Crippen LogP contribution < -0.4 is 0 Å². The van der Waals surface area contributed by atoms with Crippen molar-refractivity contribution in [3.63, 3.8) is 0 Å². The van der Waals surface area contributed by atoms with Crippen molar-refractivity contribution >= 4 is 17.4 Å². The van der Waals surface area contributed by atoms with Gasteiger partial charge in [-0.05, 0) is 46.2 Å². The zero-order chi connectivity index (χ0) is 17.4. The lowest BCUT2D eigenvalue weighted by Crippen LogP contribution is -2.46. The van der Waals surface area contributed by atoms with E-state index < -0.39 is 23.5 Å². The van der Waals surface area contributed by atoms with E-state index in [1.54, 1.807) is 39.3 Å². The number of amides is 1. The molecule has 0 aliphatic rings. The zero-order valence-electron chi connectivity index (χ0n) is 13.9. The Balaban J connectivity index is 2.41. The molecule has 1 atom stereocenters. The summed E-state index contributed by atoms with van der Waals surface area (Å²) < 4.78 is 14.6. The number of aryl methyl sites for hydroxylation is 1. The number of carbonyl (C=O) groups is 1. The minimum atomic E-state index is -1.06. The van der Waals surface area contributed by atoms with Crippen molar-refractivity contribution in [2.24, 2.45) is 0 Å². The maximum absolute atomic E-state index is 14.6. The summed E-state index contributed by atoms with van der Waals surface area (Å²) in [5, 5.41) is 9.47. The number of hydrogen-bond acceptors (Lipinski definition) is 3. The fraction of sp³-hybridized carbons (Fsp3) is 0.412. The Bertz CT molecular complexity index is 722. The fourth-order valence-corrected chi connectivity index (χ4v) is 3.56. The Labute approximate surface area is 139 Å². The highest BCUT2D eigenvalue weighted by molar-refractivity contribution is 7.13. The van der Waals surface area contributed by atoms with Crippen molar-refractivity contribution in [1.29, 1.82) is 0 Å². The van der Waals surface area contributed by atoms with Crippen molar-refractivity contribution in [3.05, 3.63) is 40.8 Å². The van der Waals surface area contributed by atoms with Gasteiger partial charge >= 0.3 is 6.09 Å². The summed E-state index contributed by atoms with van der Waals surface area (Å²) in [6, 6.07) is 4.35. The first kappa shape index (κ1) is 17.4. The molecule has 1 heterocycles. The number of rotatable bonds is 3. The van der Waals surface area contributed by atoms with Crippen molar-refractivity contribution in [1.82, 2.24) is 9.88 Å². The molecular formula is C17H21FN2O2S. The topological polar surface area (TPSA) is 53.4 Å². The van der Waals surface area contributed by atoms with Gasteiger partial charge in [0.05, 0.1) is 22.1 Å². The molecule has 0 spiro atoms. The number of benzene rings is 1. The van der Waals surface area contributed by atoms with Gasteiger partial charge in [-0.2, -0.15) is 0 Å². The molecular weight excluding hydrogens is 315 g/mol. The molecule has 1 amide bonds. The number of carboxylic acid groups (broad SMARTS) is 1. The molecule has 1 unspecified atom stereocenters. The SMILES string of the molecule is Cc1ncsc1-c1ccc(C(C)N(C(=O)O)C(C)(C)C)c(F)c1. The summed E-state index contributed by atoms with van der Waals surface area (Å²) in [5.41, 5.74) is 3.09. The number of thiazole rings is 1. The number of aromatic nitrogens is 1. The quantitative estimate of drug-likeness (QED) is 0.848. The standard InChI is InChI=1S/C17H21FN2O2S/c1-10-15(23-9-19-10)12-6-7-13(14(18)8-12)11(2)20(16(21)22)17(3,4)5/h6-9,11H,1-5H3,(H,21,22). The van der Waals surface area contributed by atoms with Gasteiger partial charge in [-0.1, -0.05) is 12.1 Å². The summed E-state index contributed by atoms with van der Waals surface area (Å²) in [4.78, 5) is 17.9. The molecule has 1 N–H and O–H groups in total. The van der Waals surface area contributed by atoms with Crippen LogP contribution >= 0.6 is 11.3 Å². The van der Waals surface area contributed by atoms with E-state index in [0.717, 1.165) is 16.1 Å². The summed E-state index contributed by atoms with van der Waals surface area (Å²) in [7, 11) is 0. The second kappa shape index (κ2) is 6.28. The molecule has 0 fully saturated rings. The van der Waals surface area contributed by atoms with E-state index in [4.69, 9.17) is 0 Å². The van der Waals surface area contributed by atoms with Crippen molar-refractivity contribution in [2.45, 2.75) is 46.2 Å². The Morgan fingerprint density at radius 1 is 1.39 bits per heavy atom. The molecule has 6 heteroatoms. The molecule has 0 radical (unpaired) electrons. The third-order valence-electron chi connectivity index (χ3n) is 3.77. The predicted molar refractivity (Wildman–Crippen MR) is 90.3 cm³/mol. The van der Waals surface area contributed by atoms with Gasteiger partial charge in [0.25, 0.3) is 0 Å². The highest BCUT2D eigenvalue weighted by Crippen LogP contribution is 2.33. The van der Waals surface area contributed by atoms with E-state index in [1.807, 2.05) is 13.0 Å². The molecule has 0 saturated heterocycles. The monoisotopic (exact) mass is 336 g/mol. The number of hydrogen-bond donors (Lipinski definition) is 1. The Hall–Kier alpha value is -1.95. The predicted octanol–water partition coefficient (Wildman–Crippen LogP) is 5.10. The Kier molecular flexibility index (Phi) is 4.75. The molecule has 1 aromatic heterocycles. The van der Waals surface area contributed by atoms with E-state index in [9.17, 15) is 14.3 Å². The average Bonchev–Trinajstić information content (AvgIpc) is 2.82. The molecule has 0 aliphatic carbocycles. The summed E-state index contributed by atoms with van der Waals surface area (Å²) in [5.74, 6) is -0.404. The summed E-state index contributed by atoms with van der Waals surface area (Å²) in [6.45, 7) is 8.97. The minimum absolute atomic E-state index is 0.369. The van der Waals surface area contributed by atoms with Crippen LogP contribution in [0.2, 0.25) is 0 Å². The maximum Gasteiger partial charge on any atom is 0.408 e. The first-order valence-electron chi connectivity index (χ1n) is 7.35. The maximum atomic E-state index is 14.6. The minimum Gasteiger partial charge on any atom is -0.465 e. The summed E-state index contributed by atoms with van der Waals surface area (Å²) in [6.07, 6.45) is -1.06. The summed E-state index contributed by atoms with van der Waals surface area (Å²) >= 11 is 1.46. The van der Waals surface area contributed by atoms with Crippen LogP contribution in [0.5, 0.6) is 0 Å². The zero-order valence-corrected chi connectivity index (χ0v) is 14.7. The number of nitrogens with zero attached hydrogens (tertiary/aromatic N) is 2. The van der Waals surface area contributed by atoms with Crippen LogP contribution in [0, 0.1) is 12.7 Å². The van der Waals surface area contributed by atoms with Crippen LogP contribution in [0.25, 0.3) is 10.4 Å². The van der Waals surface area contributed by atoms with Crippen LogP contribution in [0.3, 0.4) is 0 Å². The molecule has 0 bridgehead atoms. The van der Waals surface area contributed by atoms with Crippen LogP contribution in [0.15, 0.2) is 23.7 Å². The van der Waals surface area contributed by atoms with Crippen LogP contribution in [0.4, 0.5) is 9.18 Å². The molecule has 124 valence electrons. The first-order chi connectivity index (χ1) is 10.6. The van der Waals surface area contributed by atoms with Gasteiger partial charge < -0.3 is 5.11 Å². The van der Waals surface area contributed by atoms with E-state index in [0.29, 0.717) is 5.56 Å². The van der Waals surface area contributed by atoms with Crippen molar-refractivity contribution < 1.29 is 14.3 Å². The molecule has 0 saturated carbocycles. The van der Waals surface area contributed by atoms with E-state index >= 15 is 0 Å². The highest BCUT2D eigenvalue weighted by Gasteiger charge is 2.32. The lowest BCUT2D eigenvalue weighted by molar-refractivity contribution is 0.0743.